The lowest BCUT2D eigenvalue weighted by molar-refractivity contribution is 0.0239. The summed E-state index contributed by atoms with van der Waals surface area (Å²) in [4.78, 5) is 0. The quantitative estimate of drug-likeness (QED) is 0.663. The van der Waals surface area contributed by atoms with E-state index in [2.05, 4.69) is 0 Å². The van der Waals surface area contributed by atoms with Gasteiger partial charge in [0.1, 0.15) is 11.9 Å². The van der Waals surface area contributed by atoms with E-state index in [9.17, 15) is 14.6 Å². The van der Waals surface area contributed by atoms with E-state index in [0.717, 1.165) is 0 Å². The molecule has 0 heterocycles. The van der Waals surface area contributed by atoms with Crippen LogP contribution < -0.4 is 5.73 Å². The second kappa shape index (κ2) is 4.50. The molecule has 1 aromatic rings. The van der Waals surface area contributed by atoms with Crippen LogP contribution in [0.15, 0.2) is 18.2 Å². The molecule has 4 heteroatoms. The molecule has 0 saturated heterocycles. The Balaban J connectivity index is 2.95. The lowest BCUT2D eigenvalue weighted by atomic mass is 9.99. The molecule has 0 aliphatic carbocycles. The molecule has 14 heavy (non-hydrogen) atoms. The third kappa shape index (κ3) is 2.29. The van der Waals surface area contributed by atoms with Crippen LogP contribution in [-0.4, -0.2) is 22.9 Å². The van der Waals surface area contributed by atoms with E-state index in [0.29, 0.717) is 11.1 Å². The van der Waals surface area contributed by atoms with Crippen LogP contribution in [-0.2, 0) is 0 Å². The Morgan fingerprint density at radius 1 is 1.43 bits per heavy atom. The Morgan fingerprint density at radius 3 is 2.57 bits per heavy atom. The van der Waals surface area contributed by atoms with Crippen molar-refractivity contribution in [2.75, 3.05) is 6.54 Å². The summed E-state index contributed by atoms with van der Waals surface area (Å²) in [6.07, 6.45) is -2.07. The zero-order chi connectivity index (χ0) is 10.7. The van der Waals surface area contributed by atoms with E-state index < -0.39 is 12.2 Å². The van der Waals surface area contributed by atoms with Gasteiger partial charge >= 0.3 is 0 Å². The Kier molecular flexibility index (Phi) is 3.57. The van der Waals surface area contributed by atoms with Crippen LogP contribution in [0.2, 0.25) is 0 Å². The molecule has 0 aliphatic rings. The van der Waals surface area contributed by atoms with Crippen molar-refractivity contribution in [1.82, 2.24) is 0 Å². The number of aliphatic hydroxyl groups excluding tert-OH is 2. The van der Waals surface area contributed by atoms with Crippen molar-refractivity contribution < 1.29 is 14.6 Å². The highest BCUT2D eigenvalue weighted by Gasteiger charge is 2.18. The molecule has 0 radical (unpaired) electrons. The topological polar surface area (TPSA) is 66.5 Å². The molecule has 0 saturated carbocycles. The van der Waals surface area contributed by atoms with Crippen molar-refractivity contribution in [3.8, 4) is 0 Å². The lowest BCUT2D eigenvalue weighted by Gasteiger charge is -2.18. The smallest absolute Gasteiger partial charge is 0.123 e. The van der Waals surface area contributed by atoms with Gasteiger partial charge in [0.2, 0.25) is 0 Å². The summed E-state index contributed by atoms with van der Waals surface area (Å²) in [6.45, 7) is 1.64. The van der Waals surface area contributed by atoms with Crippen molar-refractivity contribution in [1.29, 1.82) is 0 Å². The molecule has 1 aromatic carbocycles. The standard InChI is InChI=1S/C10H14FNO2/c1-6-4-7(11)2-3-8(6)10(14)9(13)5-12/h2-4,9-10,13-14H,5,12H2,1H3. The van der Waals surface area contributed by atoms with E-state index >= 15 is 0 Å². The van der Waals surface area contributed by atoms with E-state index in [1.165, 1.54) is 18.2 Å². The number of rotatable bonds is 3. The monoisotopic (exact) mass is 199 g/mol. The molecule has 3 nitrogen and oxygen atoms in total. The van der Waals surface area contributed by atoms with Gasteiger partial charge in [0, 0.05) is 6.54 Å². The predicted molar refractivity (Wildman–Crippen MR) is 51.2 cm³/mol. The fourth-order valence-electron chi connectivity index (χ4n) is 1.31. The first-order valence-electron chi connectivity index (χ1n) is 4.38. The van der Waals surface area contributed by atoms with Crippen molar-refractivity contribution in [2.45, 2.75) is 19.1 Å². The normalized spacial score (nSPS) is 15.2. The van der Waals surface area contributed by atoms with E-state index in [4.69, 9.17) is 5.73 Å². The van der Waals surface area contributed by atoms with Crippen LogP contribution in [0.3, 0.4) is 0 Å². The first kappa shape index (κ1) is 11.1. The van der Waals surface area contributed by atoms with Crippen LogP contribution in [0.5, 0.6) is 0 Å². The van der Waals surface area contributed by atoms with Gasteiger partial charge in [0.15, 0.2) is 0 Å². The Bertz CT molecular complexity index is 317. The molecule has 0 amide bonds. The molecular formula is C10H14FNO2. The summed E-state index contributed by atoms with van der Waals surface area (Å²) in [6, 6.07) is 4.00. The van der Waals surface area contributed by atoms with Gasteiger partial charge in [-0.05, 0) is 30.2 Å². The van der Waals surface area contributed by atoms with Gasteiger partial charge in [-0.15, -0.1) is 0 Å². The van der Waals surface area contributed by atoms with Gasteiger partial charge in [0.25, 0.3) is 0 Å². The molecule has 0 fully saturated rings. The molecule has 0 spiro atoms. The van der Waals surface area contributed by atoms with Gasteiger partial charge in [-0.1, -0.05) is 6.07 Å². The van der Waals surface area contributed by atoms with Crippen LogP contribution in [0, 0.1) is 12.7 Å². The van der Waals surface area contributed by atoms with Crippen LogP contribution in [0.1, 0.15) is 17.2 Å². The Labute approximate surface area is 82.0 Å². The maximum atomic E-state index is 12.7. The maximum absolute atomic E-state index is 12.7. The summed E-state index contributed by atoms with van der Waals surface area (Å²) in [5, 5.41) is 18.9. The average Bonchev–Trinajstić information content (AvgIpc) is 2.15. The minimum atomic E-state index is -1.06. The third-order valence-corrected chi connectivity index (χ3v) is 2.16. The zero-order valence-electron chi connectivity index (χ0n) is 7.94. The summed E-state index contributed by atoms with van der Waals surface area (Å²) in [7, 11) is 0. The highest BCUT2D eigenvalue weighted by molar-refractivity contribution is 5.29. The van der Waals surface area contributed by atoms with Crippen molar-refractivity contribution in [3.05, 3.63) is 35.1 Å². The number of nitrogens with two attached hydrogens (primary N) is 1. The van der Waals surface area contributed by atoms with Crippen LogP contribution in [0.4, 0.5) is 4.39 Å². The lowest BCUT2D eigenvalue weighted by Crippen LogP contribution is -2.27. The molecule has 78 valence electrons. The first-order chi connectivity index (χ1) is 6.56. The second-order valence-corrected chi connectivity index (χ2v) is 3.25. The highest BCUT2D eigenvalue weighted by Crippen LogP contribution is 2.21. The molecule has 4 N–H and O–H groups in total. The fourth-order valence-corrected chi connectivity index (χ4v) is 1.31. The van der Waals surface area contributed by atoms with Crippen molar-refractivity contribution >= 4 is 0 Å². The Hall–Kier alpha value is -0.970. The van der Waals surface area contributed by atoms with Gasteiger partial charge in [0.05, 0.1) is 6.10 Å². The molecule has 2 atom stereocenters. The second-order valence-electron chi connectivity index (χ2n) is 3.25. The van der Waals surface area contributed by atoms with Crippen LogP contribution >= 0.6 is 0 Å². The number of benzene rings is 1. The van der Waals surface area contributed by atoms with Gasteiger partial charge in [-0.25, -0.2) is 4.39 Å². The van der Waals surface area contributed by atoms with Gasteiger partial charge in [-0.2, -0.15) is 0 Å². The molecular weight excluding hydrogens is 185 g/mol. The molecule has 1 rings (SSSR count). The number of hydrogen-bond donors (Lipinski definition) is 3. The molecule has 0 aromatic heterocycles. The summed E-state index contributed by atoms with van der Waals surface area (Å²) >= 11 is 0. The van der Waals surface area contributed by atoms with Crippen molar-refractivity contribution in [3.63, 3.8) is 0 Å². The van der Waals surface area contributed by atoms with Crippen molar-refractivity contribution in [2.24, 2.45) is 5.73 Å². The van der Waals surface area contributed by atoms with E-state index in [-0.39, 0.29) is 12.4 Å². The summed E-state index contributed by atoms with van der Waals surface area (Å²) in [5.74, 6) is -0.360. The minimum absolute atomic E-state index is 0.0298. The first-order valence-corrected chi connectivity index (χ1v) is 4.38. The number of aryl methyl sites for hydroxylation is 1. The minimum Gasteiger partial charge on any atom is -0.389 e. The fraction of sp³-hybridized carbons (Fsp3) is 0.400. The molecule has 2 unspecified atom stereocenters. The number of hydrogen-bond acceptors (Lipinski definition) is 3. The molecule has 0 aliphatic heterocycles. The third-order valence-electron chi connectivity index (χ3n) is 2.16. The highest BCUT2D eigenvalue weighted by atomic mass is 19.1. The van der Waals surface area contributed by atoms with E-state index in [1.807, 2.05) is 0 Å². The van der Waals surface area contributed by atoms with Gasteiger partial charge < -0.3 is 15.9 Å². The summed E-state index contributed by atoms with van der Waals surface area (Å²) < 4.78 is 12.7. The number of aliphatic hydroxyl groups is 2. The van der Waals surface area contributed by atoms with E-state index in [1.54, 1.807) is 6.92 Å². The largest absolute Gasteiger partial charge is 0.389 e. The van der Waals surface area contributed by atoms with Crippen LogP contribution in [0.25, 0.3) is 0 Å². The zero-order valence-corrected chi connectivity index (χ0v) is 7.94. The SMILES string of the molecule is Cc1cc(F)ccc1C(O)C(O)CN. The predicted octanol–water partition coefficient (Wildman–Crippen LogP) is 0.487. The Morgan fingerprint density at radius 2 is 2.07 bits per heavy atom. The maximum Gasteiger partial charge on any atom is 0.123 e. The average molecular weight is 199 g/mol. The summed E-state index contributed by atoms with van der Waals surface area (Å²) in [5.41, 5.74) is 6.31. The number of halogens is 1. The van der Waals surface area contributed by atoms with Gasteiger partial charge in [-0.3, -0.25) is 0 Å². The molecule has 0 bridgehead atoms.